The average molecular weight is 172 g/mol. The molecule has 70 valence electrons. The van der Waals surface area contributed by atoms with Gasteiger partial charge in [-0.1, -0.05) is 0 Å². The van der Waals surface area contributed by atoms with Crippen LogP contribution in [0.25, 0.3) is 0 Å². The molecule has 1 unspecified atom stereocenters. The van der Waals surface area contributed by atoms with Gasteiger partial charge in [0.05, 0.1) is 12.6 Å². The Bertz CT molecular complexity index is 144. The van der Waals surface area contributed by atoms with Gasteiger partial charge in [-0.3, -0.25) is 4.79 Å². The number of amides is 1. The van der Waals surface area contributed by atoms with E-state index in [2.05, 4.69) is 10.6 Å². The minimum absolute atomic E-state index is 0.0352. The molecule has 0 saturated carbocycles. The van der Waals surface area contributed by atoms with Gasteiger partial charge in [-0.25, -0.2) is 0 Å². The first-order chi connectivity index (χ1) is 5.83. The highest BCUT2D eigenvalue weighted by Crippen LogP contribution is 2.10. The van der Waals surface area contributed by atoms with Crippen LogP contribution >= 0.6 is 0 Å². The zero-order valence-corrected chi connectivity index (χ0v) is 7.43. The van der Waals surface area contributed by atoms with Crippen LogP contribution in [-0.2, 0) is 9.53 Å². The summed E-state index contributed by atoms with van der Waals surface area (Å²) in [6.45, 7) is 1.87. The van der Waals surface area contributed by atoms with Crippen LogP contribution in [0.3, 0.4) is 0 Å². The number of likely N-dealkylation sites (N-methyl/N-ethyl adjacent to an activating group) is 1. The van der Waals surface area contributed by atoms with E-state index in [1.54, 1.807) is 7.05 Å². The molecule has 0 aromatic rings. The Morgan fingerprint density at radius 3 is 3.08 bits per heavy atom. The van der Waals surface area contributed by atoms with Gasteiger partial charge in [0.25, 0.3) is 0 Å². The number of hydrogen-bond donors (Lipinski definition) is 2. The SMILES string of the molecule is CNCC(=O)NCC1CCCO1. The van der Waals surface area contributed by atoms with Crippen LogP contribution in [0.15, 0.2) is 0 Å². The third-order valence-electron chi connectivity index (χ3n) is 1.89. The fraction of sp³-hybridized carbons (Fsp3) is 0.875. The van der Waals surface area contributed by atoms with Crippen LogP contribution in [0.4, 0.5) is 0 Å². The second-order valence-electron chi connectivity index (χ2n) is 2.97. The fourth-order valence-electron chi connectivity index (χ4n) is 1.26. The van der Waals surface area contributed by atoms with Crippen molar-refractivity contribution in [3.63, 3.8) is 0 Å². The molecule has 0 aromatic heterocycles. The fourth-order valence-corrected chi connectivity index (χ4v) is 1.26. The van der Waals surface area contributed by atoms with Crippen LogP contribution in [-0.4, -0.2) is 38.8 Å². The summed E-state index contributed by atoms with van der Waals surface area (Å²) < 4.78 is 5.35. The molecule has 1 fully saturated rings. The lowest BCUT2D eigenvalue weighted by atomic mass is 10.2. The molecular formula is C8H16N2O2. The molecule has 12 heavy (non-hydrogen) atoms. The maximum absolute atomic E-state index is 11.0. The normalized spacial score (nSPS) is 22.6. The Labute approximate surface area is 72.7 Å². The average Bonchev–Trinajstić information content (AvgIpc) is 2.53. The molecule has 1 rings (SSSR count). The summed E-state index contributed by atoms with van der Waals surface area (Å²) >= 11 is 0. The van der Waals surface area contributed by atoms with Crippen LogP contribution in [0, 0.1) is 0 Å². The van der Waals surface area contributed by atoms with Crippen LogP contribution in [0.5, 0.6) is 0 Å². The molecule has 1 saturated heterocycles. The molecular weight excluding hydrogens is 156 g/mol. The van der Waals surface area contributed by atoms with Crippen LogP contribution < -0.4 is 10.6 Å². The first-order valence-electron chi connectivity index (χ1n) is 4.36. The van der Waals surface area contributed by atoms with Crippen molar-refractivity contribution in [2.75, 3.05) is 26.7 Å². The molecule has 0 spiro atoms. The lowest BCUT2D eigenvalue weighted by Crippen LogP contribution is -2.36. The highest BCUT2D eigenvalue weighted by molar-refractivity contribution is 5.77. The smallest absolute Gasteiger partial charge is 0.234 e. The Morgan fingerprint density at radius 2 is 2.50 bits per heavy atom. The van der Waals surface area contributed by atoms with Crippen molar-refractivity contribution in [1.82, 2.24) is 10.6 Å². The summed E-state index contributed by atoms with van der Waals surface area (Å²) in [7, 11) is 1.76. The second-order valence-corrected chi connectivity index (χ2v) is 2.97. The molecule has 1 aliphatic heterocycles. The topological polar surface area (TPSA) is 50.4 Å². The predicted molar refractivity (Wildman–Crippen MR) is 45.9 cm³/mol. The number of carbonyl (C=O) groups excluding carboxylic acids is 1. The Kier molecular flexibility index (Phi) is 4.04. The summed E-state index contributed by atoms with van der Waals surface area (Å²) in [5.41, 5.74) is 0. The van der Waals surface area contributed by atoms with Gasteiger partial charge >= 0.3 is 0 Å². The van der Waals surface area contributed by atoms with E-state index in [0.717, 1.165) is 19.4 Å². The zero-order valence-electron chi connectivity index (χ0n) is 7.43. The summed E-state index contributed by atoms with van der Waals surface area (Å²) in [4.78, 5) is 11.0. The lowest BCUT2D eigenvalue weighted by molar-refractivity contribution is -0.120. The van der Waals surface area contributed by atoms with Gasteiger partial charge in [0.2, 0.25) is 5.91 Å². The van der Waals surface area contributed by atoms with Crippen molar-refractivity contribution in [2.45, 2.75) is 18.9 Å². The van der Waals surface area contributed by atoms with Crippen molar-refractivity contribution in [3.8, 4) is 0 Å². The van der Waals surface area contributed by atoms with Gasteiger partial charge in [0, 0.05) is 13.2 Å². The van der Waals surface area contributed by atoms with Gasteiger partial charge in [-0.2, -0.15) is 0 Å². The van der Waals surface area contributed by atoms with E-state index in [1.807, 2.05) is 0 Å². The number of nitrogens with one attached hydrogen (secondary N) is 2. The molecule has 1 amide bonds. The first-order valence-corrected chi connectivity index (χ1v) is 4.36. The third-order valence-corrected chi connectivity index (χ3v) is 1.89. The molecule has 1 aliphatic rings. The molecule has 1 atom stereocenters. The van der Waals surface area contributed by atoms with Gasteiger partial charge in [0.1, 0.15) is 0 Å². The highest BCUT2D eigenvalue weighted by Gasteiger charge is 2.15. The second kappa shape index (κ2) is 5.11. The Hall–Kier alpha value is -0.610. The highest BCUT2D eigenvalue weighted by atomic mass is 16.5. The number of ether oxygens (including phenoxy) is 1. The minimum atomic E-state index is 0.0352. The van der Waals surface area contributed by atoms with E-state index in [9.17, 15) is 4.79 Å². The predicted octanol–water partition coefficient (Wildman–Crippen LogP) is -0.499. The van der Waals surface area contributed by atoms with E-state index in [1.165, 1.54) is 0 Å². The Balaban J connectivity index is 2.03. The van der Waals surface area contributed by atoms with Crippen LogP contribution in [0.2, 0.25) is 0 Å². The van der Waals surface area contributed by atoms with E-state index < -0.39 is 0 Å². The molecule has 1 heterocycles. The van der Waals surface area contributed by atoms with Crippen molar-refractivity contribution < 1.29 is 9.53 Å². The van der Waals surface area contributed by atoms with E-state index in [4.69, 9.17) is 4.74 Å². The maximum atomic E-state index is 11.0. The van der Waals surface area contributed by atoms with Gasteiger partial charge in [-0.15, -0.1) is 0 Å². The third kappa shape index (κ3) is 3.19. The van der Waals surface area contributed by atoms with Crippen molar-refractivity contribution in [1.29, 1.82) is 0 Å². The summed E-state index contributed by atoms with van der Waals surface area (Å²) in [5.74, 6) is 0.0352. The van der Waals surface area contributed by atoms with Crippen molar-refractivity contribution in [2.24, 2.45) is 0 Å². The van der Waals surface area contributed by atoms with Crippen LogP contribution in [0.1, 0.15) is 12.8 Å². The number of hydrogen-bond acceptors (Lipinski definition) is 3. The van der Waals surface area contributed by atoms with Crippen molar-refractivity contribution in [3.05, 3.63) is 0 Å². The van der Waals surface area contributed by atoms with Gasteiger partial charge < -0.3 is 15.4 Å². The maximum Gasteiger partial charge on any atom is 0.234 e. The molecule has 0 aliphatic carbocycles. The van der Waals surface area contributed by atoms with E-state index in [-0.39, 0.29) is 12.0 Å². The van der Waals surface area contributed by atoms with E-state index >= 15 is 0 Å². The lowest BCUT2D eigenvalue weighted by Gasteiger charge is -2.10. The molecule has 0 bridgehead atoms. The number of rotatable bonds is 4. The van der Waals surface area contributed by atoms with Gasteiger partial charge in [-0.05, 0) is 19.9 Å². The quantitative estimate of drug-likeness (QED) is 0.601. The molecule has 0 radical (unpaired) electrons. The van der Waals surface area contributed by atoms with E-state index in [0.29, 0.717) is 13.1 Å². The molecule has 2 N–H and O–H groups in total. The van der Waals surface area contributed by atoms with Crippen molar-refractivity contribution >= 4 is 5.91 Å². The molecule has 4 nitrogen and oxygen atoms in total. The summed E-state index contributed by atoms with van der Waals surface area (Å²) in [5, 5.41) is 5.59. The first kappa shape index (κ1) is 9.48. The minimum Gasteiger partial charge on any atom is -0.376 e. The molecule has 4 heteroatoms. The number of carbonyl (C=O) groups is 1. The molecule has 0 aromatic carbocycles. The zero-order chi connectivity index (χ0) is 8.81. The standard InChI is InChI=1S/C8H16N2O2/c1-9-6-8(11)10-5-7-3-2-4-12-7/h7,9H,2-6H2,1H3,(H,10,11). The summed E-state index contributed by atoms with van der Waals surface area (Å²) in [6, 6.07) is 0. The largest absolute Gasteiger partial charge is 0.376 e. The monoisotopic (exact) mass is 172 g/mol. The Morgan fingerprint density at radius 1 is 1.67 bits per heavy atom. The van der Waals surface area contributed by atoms with Gasteiger partial charge in [0.15, 0.2) is 0 Å². The summed E-state index contributed by atoms with van der Waals surface area (Å²) in [6.07, 6.45) is 2.43.